The van der Waals surface area contributed by atoms with Crippen LogP contribution in [0, 0.1) is 6.92 Å². The lowest BCUT2D eigenvalue weighted by Gasteiger charge is -2.08. The first-order valence-electron chi connectivity index (χ1n) is 9.36. The number of aryl methyl sites for hydroxylation is 1. The zero-order valence-electron chi connectivity index (χ0n) is 16.4. The van der Waals surface area contributed by atoms with Crippen molar-refractivity contribution in [3.63, 3.8) is 0 Å². The third-order valence-electron chi connectivity index (χ3n) is 4.31. The van der Waals surface area contributed by atoms with Gasteiger partial charge in [0.1, 0.15) is 11.6 Å². The maximum Gasteiger partial charge on any atom is 0.256 e. The predicted octanol–water partition coefficient (Wildman–Crippen LogP) is 5.61. The molecule has 0 fully saturated rings. The average molecular weight is 439 g/mol. The van der Waals surface area contributed by atoms with Crippen LogP contribution in [0.4, 0.5) is 5.82 Å². The number of hydrogen-bond acceptors (Lipinski definition) is 5. The molecule has 0 aliphatic rings. The molecule has 30 heavy (non-hydrogen) atoms. The highest BCUT2D eigenvalue weighted by Gasteiger charge is 2.15. The molecule has 0 atom stereocenters. The van der Waals surface area contributed by atoms with E-state index >= 15 is 0 Å². The number of hydrogen-bond donors (Lipinski definition) is 1. The van der Waals surface area contributed by atoms with Gasteiger partial charge in [-0.2, -0.15) is 9.78 Å². The van der Waals surface area contributed by atoms with Crippen molar-refractivity contribution in [1.82, 2.24) is 14.8 Å². The molecule has 0 radical (unpaired) electrons. The molecule has 0 aliphatic heterocycles. The fourth-order valence-electron chi connectivity index (χ4n) is 2.91. The first kappa shape index (κ1) is 20.1. The van der Waals surface area contributed by atoms with E-state index in [2.05, 4.69) is 15.4 Å². The SMILES string of the molecule is CCOc1ccc(C(=O)Nc2cc(C)nn2-c2nc(-c3ccc(Cl)cc3)cs2)cc1. The van der Waals surface area contributed by atoms with Gasteiger partial charge in [-0.3, -0.25) is 4.79 Å². The molecular formula is C22H19ClN4O2S. The van der Waals surface area contributed by atoms with Crippen molar-refractivity contribution in [2.45, 2.75) is 13.8 Å². The van der Waals surface area contributed by atoms with E-state index in [0.29, 0.717) is 28.1 Å². The van der Waals surface area contributed by atoms with Crippen LogP contribution < -0.4 is 10.1 Å². The molecule has 1 amide bonds. The van der Waals surface area contributed by atoms with Gasteiger partial charge in [0.05, 0.1) is 18.0 Å². The number of ether oxygens (including phenoxy) is 1. The second-order valence-electron chi connectivity index (χ2n) is 6.52. The summed E-state index contributed by atoms with van der Waals surface area (Å²) in [5, 5.41) is 10.7. The van der Waals surface area contributed by atoms with Crippen LogP contribution in [0.3, 0.4) is 0 Å². The summed E-state index contributed by atoms with van der Waals surface area (Å²) in [6.07, 6.45) is 0. The molecule has 8 heteroatoms. The zero-order chi connectivity index (χ0) is 21.1. The van der Waals surface area contributed by atoms with Crippen LogP contribution >= 0.6 is 22.9 Å². The maximum atomic E-state index is 12.7. The normalized spacial score (nSPS) is 10.8. The van der Waals surface area contributed by atoms with Gasteiger partial charge in [-0.05, 0) is 50.2 Å². The topological polar surface area (TPSA) is 69.0 Å². The van der Waals surface area contributed by atoms with Gasteiger partial charge in [0.15, 0.2) is 0 Å². The second kappa shape index (κ2) is 8.69. The molecule has 0 bridgehead atoms. The largest absolute Gasteiger partial charge is 0.494 e. The summed E-state index contributed by atoms with van der Waals surface area (Å²) in [4.78, 5) is 17.4. The number of nitrogens with zero attached hydrogens (tertiary/aromatic N) is 3. The Morgan fingerprint density at radius 2 is 1.90 bits per heavy atom. The smallest absolute Gasteiger partial charge is 0.256 e. The first-order valence-corrected chi connectivity index (χ1v) is 10.6. The van der Waals surface area contributed by atoms with Gasteiger partial charge in [0, 0.05) is 27.6 Å². The molecule has 0 aliphatic carbocycles. The van der Waals surface area contributed by atoms with Crippen LogP contribution in [0.5, 0.6) is 5.75 Å². The third-order valence-corrected chi connectivity index (χ3v) is 5.38. The monoisotopic (exact) mass is 438 g/mol. The summed E-state index contributed by atoms with van der Waals surface area (Å²) >= 11 is 7.42. The van der Waals surface area contributed by atoms with E-state index in [1.807, 2.05) is 49.6 Å². The van der Waals surface area contributed by atoms with Crippen molar-refractivity contribution in [2.24, 2.45) is 0 Å². The zero-order valence-corrected chi connectivity index (χ0v) is 18.0. The van der Waals surface area contributed by atoms with Gasteiger partial charge in [0.25, 0.3) is 5.91 Å². The van der Waals surface area contributed by atoms with Crippen LogP contribution in [0.15, 0.2) is 60.0 Å². The predicted molar refractivity (Wildman–Crippen MR) is 120 cm³/mol. The lowest BCUT2D eigenvalue weighted by atomic mass is 10.2. The van der Waals surface area contributed by atoms with Crippen molar-refractivity contribution in [3.05, 3.63) is 76.3 Å². The van der Waals surface area contributed by atoms with Crippen LogP contribution in [-0.2, 0) is 0 Å². The minimum absolute atomic E-state index is 0.228. The molecular weight excluding hydrogens is 420 g/mol. The molecule has 4 aromatic rings. The van der Waals surface area contributed by atoms with Crippen molar-refractivity contribution in [3.8, 4) is 22.1 Å². The second-order valence-corrected chi connectivity index (χ2v) is 7.79. The minimum atomic E-state index is -0.228. The van der Waals surface area contributed by atoms with E-state index in [9.17, 15) is 4.79 Å². The van der Waals surface area contributed by atoms with Gasteiger partial charge in [-0.1, -0.05) is 23.7 Å². The highest BCUT2D eigenvalue weighted by Crippen LogP contribution is 2.27. The number of aromatic nitrogens is 3. The van der Waals surface area contributed by atoms with Crippen molar-refractivity contribution >= 4 is 34.7 Å². The lowest BCUT2D eigenvalue weighted by Crippen LogP contribution is -2.15. The molecule has 2 heterocycles. The van der Waals surface area contributed by atoms with Crippen LogP contribution in [0.25, 0.3) is 16.4 Å². The maximum absolute atomic E-state index is 12.7. The summed E-state index contributed by atoms with van der Waals surface area (Å²) in [6.45, 7) is 4.37. The summed E-state index contributed by atoms with van der Waals surface area (Å²) in [7, 11) is 0. The number of amides is 1. The lowest BCUT2D eigenvalue weighted by molar-refractivity contribution is 0.102. The fourth-order valence-corrected chi connectivity index (χ4v) is 3.83. The van der Waals surface area contributed by atoms with E-state index in [1.54, 1.807) is 28.9 Å². The summed E-state index contributed by atoms with van der Waals surface area (Å²) in [5.41, 5.74) is 3.10. The van der Waals surface area contributed by atoms with Crippen molar-refractivity contribution < 1.29 is 9.53 Å². The Kier molecular flexibility index (Phi) is 5.83. The molecule has 0 unspecified atom stereocenters. The molecule has 0 saturated heterocycles. The van der Waals surface area contributed by atoms with E-state index in [4.69, 9.17) is 16.3 Å². The highest BCUT2D eigenvalue weighted by atomic mass is 35.5. The van der Waals surface area contributed by atoms with Gasteiger partial charge in [-0.15, -0.1) is 11.3 Å². The number of carbonyl (C=O) groups is 1. The van der Waals surface area contributed by atoms with Crippen LogP contribution in [-0.4, -0.2) is 27.3 Å². The quantitative estimate of drug-likeness (QED) is 0.425. The Labute approximate surface area is 183 Å². The number of halogens is 1. The Balaban J connectivity index is 1.57. The Hall–Kier alpha value is -3.16. The minimum Gasteiger partial charge on any atom is -0.494 e. The summed E-state index contributed by atoms with van der Waals surface area (Å²) < 4.78 is 7.07. The molecule has 0 saturated carbocycles. The Bertz CT molecular complexity index is 1170. The van der Waals surface area contributed by atoms with E-state index in [1.165, 1.54) is 11.3 Å². The fraction of sp³-hybridized carbons (Fsp3) is 0.136. The summed E-state index contributed by atoms with van der Waals surface area (Å²) in [5.74, 6) is 1.06. The number of carbonyl (C=O) groups excluding carboxylic acids is 1. The molecule has 4 rings (SSSR count). The van der Waals surface area contributed by atoms with Crippen molar-refractivity contribution in [1.29, 1.82) is 0 Å². The van der Waals surface area contributed by atoms with Gasteiger partial charge < -0.3 is 10.1 Å². The standard InChI is InChI=1S/C22H19ClN4O2S/c1-3-29-18-10-6-16(7-11-18)21(28)25-20-12-14(2)26-27(20)22-24-19(13-30-22)15-4-8-17(23)9-5-15/h4-13H,3H2,1-2H3,(H,25,28). The van der Waals surface area contributed by atoms with E-state index < -0.39 is 0 Å². The molecule has 2 aromatic carbocycles. The number of thiazole rings is 1. The Morgan fingerprint density at radius 3 is 2.60 bits per heavy atom. The van der Waals surface area contributed by atoms with Crippen LogP contribution in [0.2, 0.25) is 5.02 Å². The van der Waals surface area contributed by atoms with Crippen molar-refractivity contribution in [2.75, 3.05) is 11.9 Å². The molecule has 1 N–H and O–H groups in total. The highest BCUT2D eigenvalue weighted by molar-refractivity contribution is 7.12. The summed E-state index contributed by atoms with van der Waals surface area (Å²) in [6, 6.07) is 16.3. The third kappa shape index (κ3) is 4.37. The number of rotatable bonds is 6. The Morgan fingerprint density at radius 1 is 1.17 bits per heavy atom. The number of anilines is 1. The van der Waals surface area contributed by atoms with Gasteiger partial charge >= 0.3 is 0 Å². The van der Waals surface area contributed by atoms with E-state index in [-0.39, 0.29) is 5.91 Å². The number of benzene rings is 2. The van der Waals surface area contributed by atoms with Gasteiger partial charge in [0.2, 0.25) is 5.13 Å². The average Bonchev–Trinajstić information content (AvgIpc) is 3.36. The molecule has 2 aromatic heterocycles. The molecule has 0 spiro atoms. The van der Waals surface area contributed by atoms with Gasteiger partial charge in [-0.25, -0.2) is 4.98 Å². The molecule has 152 valence electrons. The van der Waals surface area contributed by atoms with Crippen LogP contribution in [0.1, 0.15) is 23.0 Å². The number of nitrogens with one attached hydrogen (secondary N) is 1. The van der Waals surface area contributed by atoms with E-state index in [0.717, 1.165) is 22.7 Å². The molecule has 6 nitrogen and oxygen atoms in total. The first-order chi connectivity index (χ1) is 14.5.